The molecule has 2 atom stereocenters. The van der Waals surface area contributed by atoms with Crippen molar-refractivity contribution in [2.24, 2.45) is 22.7 Å². The summed E-state index contributed by atoms with van der Waals surface area (Å²) in [5.74, 6) is 1.15. The molecule has 0 aromatic carbocycles. The van der Waals surface area contributed by atoms with Crippen LogP contribution in [-0.4, -0.2) is 43.8 Å². The number of fused-ring (bicyclic) bond motifs is 2. The third-order valence-corrected chi connectivity index (χ3v) is 8.94. The van der Waals surface area contributed by atoms with Gasteiger partial charge in [0.25, 0.3) is 0 Å². The standard InChI is InChI=1S/C33H62O5/c1-5-7-9-11-13-15-19-36-31(37-20-16-14-12-10-8-6-2)18-17-30(35)38-27-33(4)24-28-21-29(25-33)23-32(3,22-28)26-34/h28-29,31,34H,5-27H2,1-4H3. The van der Waals surface area contributed by atoms with Gasteiger partial charge < -0.3 is 19.3 Å². The van der Waals surface area contributed by atoms with Crippen LogP contribution in [0.1, 0.15) is 150 Å². The van der Waals surface area contributed by atoms with E-state index in [4.69, 9.17) is 14.2 Å². The Hall–Kier alpha value is -0.650. The smallest absolute Gasteiger partial charge is 0.305 e. The SMILES string of the molecule is CCCCCCCCOC(CCC(=O)OCC1(C)CC2CC(CC(C)(CO)C2)C1)OCCCCCCCC. The van der Waals surface area contributed by atoms with Gasteiger partial charge in [0.15, 0.2) is 6.29 Å². The third kappa shape index (κ3) is 13.6. The first-order valence-electron chi connectivity index (χ1n) is 16.3. The van der Waals surface area contributed by atoms with Crippen molar-refractivity contribution in [3.05, 3.63) is 0 Å². The van der Waals surface area contributed by atoms with E-state index in [1.165, 1.54) is 70.6 Å². The van der Waals surface area contributed by atoms with Crippen molar-refractivity contribution >= 4 is 5.97 Å². The first-order valence-corrected chi connectivity index (χ1v) is 16.3. The molecule has 2 unspecified atom stereocenters. The third-order valence-electron chi connectivity index (χ3n) is 8.94. The van der Waals surface area contributed by atoms with E-state index in [1.54, 1.807) is 0 Å². The Bertz CT molecular complexity index is 589. The van der Waals surface area contributed by atoms with Crippen molar-refractivity contribution in [2.45, 2.75) is 156 Å². The van der Waals surface area contributed by atoms with Gasteiger partial charge in [0.1, 0.15) is 0 Å². The van der Waals surface area contributed by atoms with Crippen LogP contribution in [0.25, 0.3) is 0 Å². The average Bonchev–Trinajstić information content (AvgIpc) is 2.88. The van der Waals surface area contributed by atoms with E-state index in [-0.39, 0.29) is 29.7 Å². The second kappa shape index (κ2) is 18.7. The number of unbranched alkanes of at least 4 members (excludes halogenated alkanes) is 10. The number of rotatable bonds is 22. The Morgan fingerprint density at radius 3 is 1.74 bits per heavy atom. The summed E-state index contributed by atoms with van der Waals surface area (Å²) in [6.45, 7) is 11.2. The monoisotopic (exact) mass is 538 g/mol. The van der Waals surface area contributed by atoms with Gasteiger partial charge in [0, 0.05) is 31.7 Å². The normalized spacial score (nSPS) is 27.1. The zero-order valence-electron chi connectivity index (χ0n) is 25.6. The predicted octanol–water partition coefficient (Wildman–Crippen LogP) is 8.61. The minimum absolute atomic E-state index is 0.0575. The van der Waals surface area contributed by atoms with Crippen LogP contribution in [-0.2, 0) is 19.0 Å². The van der Waals surface area contributed by atoms with E-state index in [0.29, 0.717) is 44.5 Å². The molecule has 2 bridgehead atoms. The maximum Gasteiger partial charge on any atom is 0.305 e. The lowest BCUT2D eigenvalue weighted by Gasteiger charge is -2.50. The number of hydrogen-bond donors (Lipinski definition) is 1. The lowest BCUT2D eigenvalue weighted by Crippen LogP contribution is -2.43. The highest BCUT2D eigenvalue weighted by Gasteiger charge is 2.46. The molecule has 0 amide bonds. The minimum Gasteiger partial charge on any atom is -0.465 e. The van der Waals surface area contributed by atoms with Gasteiger partial charge in [-0.05, 0) is 62.2 Å². The molecular weight excluding hydrogens is 476 g/mol. The second-order valence-corrected chi connectivity index (χ2v) is 13.5. The fourth-order valence-corrected chi connectivity index (χ4v) is 7.12. The van der Waals surface area contributed by atoms with E-state index in [2.05, 4.69) is 27.7 Å². The first kappa shape index (κ1) is 33.6. The van der Waals surface area contributed by atoms with Crippen molar-refractivity contribution in [1.82, 2.24) is 0 Å². The first-order chi connectivity index (χ1) is 18.3. The van der Waals surface area contributed by atoms with Gasteiger partial charge in [0.05, 0.1) is 13.0 Å². The zero-order chi connectivity index (χ0) is 27.7. The zero-order valence-corrected chi connectivity index (χ0v) is 25.6. The molecule has 38 heavy (non-hydrogen) atoms. The molecule has 5 nitrogen and oxygen atoms in total. The predicted molar refractivity (Wildman–Crippen MR) is 156 cm³/mol. The molecule has 0 aromatic heterocycles. The summed E-state index contributed by atoms with van der Waals surface area (Å²) in [5.41, 5.74) is 0.133. The molecule has 5 heteroatoms. The molecule has 2 aliphatic carbocycles. The molecule has 0 heterocycles. The van der Waals surface area contributed by atoms with Gasteiger partial charge in [-0.2, -0.15) is 0 Å². The minimum atomic E-state index is -0.311. The molecule has 0 aliphatic heterocycles. The summed E-state index contributed by atoms with van der Waals surface area (Å²) >= 11 is 0. The Morgan fingerprint density at radius 2 is 1.24 bits per heavy atom. The lowest BCUT2D eigenvalue weighted by molar-refractivity contribution is -0.162. The molecule has 0 spiro atoms. The van der Waals surface area contributed by atoms with E-state index in [1.807, 2.05) is 0 Å². The van der Waals surface area contributed by atoms with Crippen molar-refractivity contribution in [2.75, 3.05) is 26.4 Å². The van der Waals surface area contributed by atoms with Crippen molar-refractivity contribution in [3.8, 4) is 0 Å². The van der Waals surface area contributed by atoms with Gasteiger partial charge in [-0.25, -0.2) is 0 Å². The highest BCUT2D eigenvalue weighted by atomic mass is 16.7. The fourth-order valence-electron chi connectivity index (χ4n) is 7.12. The fraction of sp³-hybridized carbons (Fsp3) is 0.970. The van der Waals surface area contributed by atoms with E-state index >= 15 is 0 Å². The Labute approximate surface area is 235 Å². The van der Waals surface area contributed by atoms with Crippen molar-refractivity contribution in [3.63, 3.8) is 0 Å². The Morgan fingerprint density at radius 1 is 0.763 bits per heavy atom. The second-order valence-electron chi connectivity index (χ2n) is 13.5. The summed E-state index contributed by atoms with van der Waals surface area (Å²) in [7, 11) is 0. The van der Waals surface area contributed by atoms with Gasteiger partial charge in [-0.3, -0.25) is 4.79 Å². The summed E-state index contributed by atoms with van der Waals surface area (Å²) in [5, 5.41) is 9.85. The molecule has 1 N–H and O–H groups in total. The van der Waals surface area contributed by atoms with Crippen LogP contribution in [0, 0.1) is 22.7 Å². The molecule has 2 saturated carbocycles. The lowest BCUT2D eigenvalue weighted by atomic mass is 9.56. The molecule has 0 aromatic rings. The molecular formula is C33H62O5. The number of aliphatic hydroxyl groups excluding tert-OH is 1. The van der Waals surface area contributed by atoms with Gasteiger partial charge in [-0.1, -0.05) is 91.9 Å². The van der Waals surface area contributed by atoms with Crippen LogP contribution in [0.4, 0.5) is 0 Å². The highest BCUT2D eigenvalue weighted by Crippen LogP contribution is 2.54. The number of carbonyl (C=O) groups is 1. The van der Waals surface area contributed by atoms with Crippen LogP contribution < -0.4 is 0 Å². The number of ether oxygens (including phenoxy) is 3. The van der Waals surface area contributed by atoms with Crippen LogP contribution in [0.5, 0.6) is 0 Å². The molecule has 0 radical (unpaired) electrons. The molecule has 224 valence electrons. The molecule has 2 rings (SSSR count). The molecule has 2 fully saturated rings. The van der Waals surface area contributed by atoms with Crippen molar-refractivity contribution in [1.29, 1.82) is 0 Å². The quantitative estimate of drug-likeness (QED) is 0.0849. The maximum absolute atomic E-state index is 12.7. The topological polar surface area (TPSA) is 65.0 Å². The van der Waals surface area contributed by atoms with E-state index in [0.717, 1.165) is 38.5 Å². The van der Waals surface area contributed by atoms with Crippen LogP contribution in [0.3, 0.4) is 0 Å². The Kier molecular flexibility index (Phi) is 16.5. The largest absolute Gasteiger partial charge is 0.465 e. The molecule has 2 aliphatic rings. The number of esters is 1. The van der Waals surface area contributed by atoms with Crippen molar-refractivity contribution < 1.29 is 24.1 Å². The summed E-state index contributed by atoms with van der Waals surface area (Å²) in [4.78, 5) is 12.7. The summed E-state index contributed by atoms with van der Waals surface area (Å²) < 4.78 is 18.0. The van der Waals surface area contributed by atoms with Gasteiger partial charge in [0.2, 0.25) is 0 Å². The summed E-state index contributed by atoms with van der Waals surface area (Å²) in [6, 6.07) is 0. The average molecular weight is 539 g/mol. The van der Waals surface area contributed by atoms with E-state index in [9.17, 15) is 9.90 Å². The molecule has 0 saturated heterocycles. The van der Waals surface area contributed by atoms with Gasteiger partial charge in [-0.15, -0.1) is 0 Å². The van der Waals surface area contributed by atoms with Crippen LogP contribution in [0.15, 0.2) is 0 Å². The number of hydrogen-bond acceptors (Lipinski definition) is 5. The van der Waals surface area contributed by atoms with Gasteiger partial charge >= 0.3 is 5.97 Å². The Balaban J connectivity index is 1.70. The number of carbonyl (C=O) groups excluding carboxylic acids is 1. The number of aliphatic hydroxyl groups is 1. The highest BCUT2D eigenvalue weighted by molar-refractivity contribution is 5.69. The van der Waals surface area contributed by atoms with Crippen LogP contribution >= 0.6 is 0 Å². The van der Waals surface area contributed by atoms with Crippen LogP contribution in [0.2, 0.25) is 0 Å². The van der Waals surface area contributed by atoms with E-state index < -0.39 is 0 Å². The summed E-state index contributed by atoms with van der Waals surface area (Å²) in [6.07, 6.45) is 21.1. The maximum atomic E-state index is 12.7.